The lowest BCUT2D eigenvalue weighted by Crippen LogP contribution is -2.15. The number of amides is 1. The Labute approximate surface area is 183 Å². The number of anilines is 1. The number of carbonyl (C=O) groups excluding carboxylic acids is 1. The van der Waals surface area contributed by atoms with Crippen LogP contribution < -0.4 is 5.32 Å². The van der Waals surface area contributed by atoms with Crippen LogP contribution in [0.2, 0.25) is 0 Å². The van der Waals surface area contributed by atoms with Gasteiger partial charge in [-0.15, -0.1) is 5.10 Å². The highest BCUT2D eigenvalue weighted by atomic mass is 16.5. The Morgan fingerprint density at radius 1 is 0.875 bits per heavy atom. The molecule has 1 N–H and O–H groups in total. The Kier molecular flexibility index (Phi) is 5.01. The van der Waals surface area contributed by atoms with Crippen molar-refractivity contribution in [2.75, 3.05) is 5.32 Å². The molecule has 0 saturated carbocycles. The van der Waals surface area contributed by atoms with Gasteiger partial charge in [-0.25, -0.2) is 9.67 Å². The zero-order valence-corrected chi connectivity index (χ0v) is 17.1. The summed E-state index contributed by atoms with van der Waals surface area (Å²) in [5.74, 6) is 1.02. The van der Waals surface area contributed by atoms with E-state index in [1.807, 2.05) is 78.9 Å². The van der Waals surface area contributed by atoms with Crippen molar-refractivity contribution < 1.29 is 9.32 Å². The van der Waals surface area contributed by atoms with Crippen LogP contribution in [0.15, 0.2) is 89.5 Å². The van der Waals surface area contributed by atoms with E-state index in [1.165, 1.54) is 0 Å². The van der Waals surface area contributed by atoms with Crippen LogP contribution in [0.25, 0.3) is 28.5 Å². The summed E-state index contributed by atoms with van der Waals surface area (Å²) in [7, 11) is 0. The molecule has 2 heterocycles. The first-order valence-electron chi connectivity index (χ1n) is 9.98. The zero-order valence-electron chi connectivity index (χ0n) is 17.1. The quantitative estimate of drug-likeness (QED) is 0.446. The highest BCUT2D eigenvalue weighted by molar-refractivity contribution is 6.03. The van der Waals surface area contributed by atoms with E-state index < -0.39 is 5.91 Å². The number of hydrogen-bond donors (Lipinski definition) is 1. The number of benzene rings is 3. The van der Waals surface area contributed by atoms with Gasteiger partial charge in [-0.3, -0.25) is 4.79 Å². The average Bonchev–Trinajstić information content (AvgIpc) is 3.47. The van der Waals surface area contributed by atoms with Crippen molar-refractivity contribution in [3.8, 4) is 28.5 Å². The van der Waals surface area contributed by atoms with Gasteiger partial charge in [-0.2, -0.15) is 4.98 Å². The van der Waals surface area contributed by atoms with E-state index in [4.69, 9.17) is 4.52 Å². The molecule has 1 amide bonds. The first kappa shape index (κ1) is 19.4. The Balaban J connectivity index is 1.52. The van der Waals surface area contributed by atoms with Gasteiger partial charge in [-0.05, 0) is 24.3 Å². The van der Waals surface area contributed by atoms with Crippen molar-refractivity contribution >= 4 is 11.6 Å². The van der Waals surface area contributed by atoms with Gasteiger partial charge < -0.3 is 9.84 Å². The van der Waals surface area contributed by atoms with Gasteiger partial charge in [-0.1, -0.05) is 65.8 Å². The maximum absolute atomic E-state index is 13.1. The average molecular weight is 422 g/mol. The molecule has 0 radical (unpaired) electrons. The minimum Gasteiger partial charge on any atom is -0.339 e. The summed E-state index contributed by atoms with van der Waals surface area (Å²) in [5.41, 5.74) is 2.84. The number of rotatable bonds is 5. The largest absolute Gasteiger partial charge is 0.339 e. The van der Waals surface area contributed by atoms with Crippen LogP contribution in [0.3, 0.4) is 0 Å². The van der Waals surface area contributed by atoms with Crippen molar-refractivity contribution in [2.45, 2.75) is 6.92 Å². The standard InChI is InChI=1S/C24H18N6O2/c1-16-25-21(29-32-16)19-14-8-9-15-20(19)26-24(31)22-27-23(17-10-4-2-5-11-17)30(28-22)18-12-6-3-7-13-18/h2-15H,1H3,(H,26,31). The summed E-state index contributed by atoms with van der Waals surface area (Å²) in [6, 6.07) is 26.4. The molecule has 32 heavy (non-hydrogen) atoms. The van der Waals surface area contributed by atoms with Crippen molar-refractivity contribution in [2.24, 2.45) is 0 Å². The molecular weight excluding hydrogens is 404 g/mol. The minimum absolute atomic E-state index is 0.0480. The monoisotopic (exact) mass is 422 g/mol. The van der Waals surface area contributed by atoms with Gasteiger partial charge in [0.2, 0.25) is 17.5 Å². The van der Waals surface area contributed by atoms with Gasteiger partial charge in [0.1, 0.15) is 0 Å². The Hall–Kier alpha value is -4.59. The molecule has 5 aromatic rings. The van der Waals surface area contributed by atoms with Gasteiger partial charge in [0.05, 0.1) is 11.4 Å². The van der Waals surface area contributed by atoms with Crippen LogP contribution in [-0.4, -0.2) is 30.8 Å². The second kappa shape index (κ2) is 8.27. The molecule has 3 aromatic carbocycles. The topological polar surface area (TPSA) is 98.7 Å². The second-order valence-corrected chi connectivity index (χ2v) is 7.01. The third kappa shape index (κ3) is 3.77. The van der Waals surface area contributed by atoms with Crippen LogP contribution in [-0.2, 0) is 0 Å². The number of aryl methyl sites for hydroxylation is 1. The molecule has 0 bridgehead atoms. The molecule has 0 aliphatic carbocycles. The summed E-state index contributed by atoms with van der Waals surface area (Å²) in [6.07, 6.45) is 0. The molecule has 2 aromatic heterocycles. The van der Waals surface area contributed by atoms with E-state index in [0.717, 1.165) is 11.3 Å². The Morgan fingerprint density at radius 2 is 1.56 bits per heavy atom. The number of carbonyl (C=O) groups is 1. The van der Waals surface area contributed by atoms with Crippen molar-refractivity contribution in [1.29, 1.82) is 0 Å². The summed E-state index contributed by atoms with van der Waals surface area (Å²) in [4.78, 5) is 21.9. The lowest BCUT2D eigenvalue weighted by atomic mass is 10.1. The molecule has 5 rings (SSSR count). The van der Waals surface area contributed by atoms with Crippen molar-refractivity contribution in [1.82, 2.24) is 24.9 Å². The first-order chi connectivity index (χ1) is 15.7. The minimum atomic E-state index is -0.440. The van der Waals surface area contributed by atoms with E-state index in [1.54, 1.807) is 17.7 Å². The molecule has 0 atom stereocenters. The highest BCUT2D eigenvalue weighted by Crippen LogP contribution is 2.26. The molecular formula is C24H18N6O2. The predicted molar refractivity (Wildman–Crippen MR) is 119 cm³/mol. The smallest absolute Gasteiger partial charge is 0.295 e. The zero-order chi connectivity index (χ0) is 21.9. The van der Waals surface area contributed by atoms with E-state index in [2.05, 4.69) is 25.5 Å². The Morgan fingerprint density at radius 3 is 2.28 bits per heavy atom. The van der Waals surface area contributed by atoms with Crippen LogP contribution in [0.5, 0.6) is 0 Å². The number of aromatic nitrogens is 5. The molecule has 156 valence electrons. The lowest BCUT2D eigenvalue weighted by molar-refractivity contribution is 0.101. The van der Waals surface area contributed by atoms with Gasteiger partial charge in [0, 0.05) is 18.1 Å². The normalized spacial score (nSPS) is 10.8. The lowest BCUT2D eigenvalue weighted by Gasteiger charge is -2.06. The van der Waals surface area contributed by atoms with Crippen LogP contribution >= 0.6 is 0 Å². The van der Waals surface area contributed by atoms with Crippen molar-refractivity contribution in [3.63, 3.8) is 0 Å². The van der Waals surface area contributed by atoms with Crippen molar-refractivity contribution in [3.05, 3.63) is 96.6 Å². The van der Waals surface area contributed by atoms with E-state index >= 15 is 0 Å². The Bertz CT molecular complexity index is 1320. The summed E-state index contributed by atoms with van der Waals surface area (Å²) in [5, 5.41) is 11.3. The molecule has 0 unspecified atom stereocenters. The van der Waals surface area contributed by atoms with Gasteiger partial charge in [0.15, 0.2) is 5.82 Å². The number of nitrogens with zero attached hydrogens (tertiary/aromatic N) is 5. The fraction of sp³-hybridized carbons (Fsp3) is 0.0417. The summed E-state index contributed by atoms with van der Waals surface area (Å²) in [6.45, 7) is 1.71. The predicted octanol–water partition coefficient (Wildman–Crippen LogP) is 4.55. The van der Waals surface area contributed by atoms with Crippen LogP contribution in [0, 0.1) is 6.92 Å². The molecule has 0 aliphatic rings. The van der Waals surface area contributed by atoms with Crippen LogP contribution in [0.1, 0.15) is 16.5 Å². The fourth-order valence-corrected chi connectivity index (χ4v) is 3.31. The molecule has 0 saturated heterocycles. The van der Waals surface area contributed by atoms with Gasteiger partial charge >= 0.3 is 0 Å². The number of para-hydroxylation sites is 2. The molecule has 0 fully saturated rings. The van der Waals surface area contributed by atoms with E-state index in [9.17, 15) is 4.79 Å². The highest BCUT2D eigenvalue weighted by Gasteiger charge is 2.20. The summed E-state index contributed by atoms with van der Waals surface area (Å²) < 4.78 is 6.74. The second-order valence-electron chi connectivity index (χ2n) is 7.01. The van der Waals surface area contributed by atoms with Gasteiger partial charge in [0.25, 0.3) is 5.91 Å². The van der Waals surface area contributed by atoms with E-state index in [0.29, 0.717) is 28.8 Å². The van der Waals surface area contributed by atoms with E-state index in [-0.39, 0.29) is 5.82 Å². The fourth-order valence-electron chi connectivity index (χ4n) is 3.31. The maximum atomic E-state index is 13.1. The molecule has 8 heteroatoms. The third-order valence-corrected chi connectivity index (χ3v) is 4.79. The molecule has 0 aliphatic heterocycles. The molecule has 8 nitrogen and oxygen atoms in total. The third-order valence-electron chi connectivity index (χ3n) is 4.79. The number of hydrogen-bond acceptors (Lipinski definition) is 6. The molecule has 0 spiro atoms. The maximum Gasteiger partial charge on any atom is 0.295 e. The summed E-state index contributed by atoms with van der Waals surface area (Å²) >= 11 is 0. The van der Waals surface area contributed by atoms with Crippen LogP contribution in [0.4, 0.5) is 5.69 Å². The first-order valence-corrected chi connectivity index (χ1v) is 9.98. The SMILES string of the molecule is Cc1nc(-c2ccccc2NC(=O)c2nc(-c3ccccc3)n(-c3ccccc3)n2)no1. The number of nitrogens with one attached hydrogen (secondary N) is 1.